The molecule has 1 unspecified atom stereocenters. The molecular formula is C17H29N3O4S. The van der Waals surface area contributed by atoms with Crippen LogP contribution < -0.4 is 0 Å². The minimum Gasteiger partial charge on any atom is -0.381 e. The maximum absolute atomic E-state index is 12.1. The van der Waals surface area contributed by atoms with Crippen molar-refractivity contribution in [3.8, 4) is 0 Å². The molecule has 7 nitrogen and oxygen atoms in total. The summed E-state index contributed by atoms with van der Waals surface area (Å²) in [5.41, 5.74) is 0. The standard InChI is InChI=1S/C17H29N3O4S/c1-2-11-25(21,22)20-9-7-15(12-20)17-18-16(19-24-17)8-10-23-13-14-5-3-4-6-14/h14-15H,2-13H2,1H3. The van der Waals surface area contributed by atoms with Gasteiger partial charge in [0.2, 0.25) is 15.9 Å². The molecule has 0 N–H and O–H groups in total. The summed E-state index contributed by atoms with van der Waals surface area (Å²) < 4.78 is 36.9. The summed E-state index contributed by atoms with van der Waals surface area (Å²) in [6, 6.07) is 0. The van der Waals surface area contributed by atoms with Crippen molar-refractivity contribution in [3.63, 3.8) is 0 Å². The Kier molecular flexibility index (Phi) is 6.46. The van der Waals surface area contributed by atoms with E-state index in [4.69, 9.17) is 9.26 Å². The first kappa shape index (κ1) is 18.8. The molecule has 0 aromatic carbocycles. The Labute approximate surface area is 150 Å². The fourth-order valence-corrected chi connectivity index (χ4v) is 5.26. The van der Waals surface area contributed by atoms with Gasteiger partial charge in [0.25, 0.3) is 0 Å². The first-order valence-corrected chi connectivity index (χ1v) is 11.1. The molecule has 2 aliphatic rings. The van der Waals surface area contributed by atoms with E-state index in [0.717, 1.165) is 18.9 Å². The molecule has 1 saturated carbocycles. The number of sulfonamides is 1. The van der Waals surface area contributed by atoms with E-state index in [9.17, 15) is 8.42 Å². The molecule has 25 heavy (non-hydrogen) atoms. The summed E-state index contributed by atoms with van der Waals surface area (Å²) in [6.45, 7) is 4.30. The zero-order valence-electron chi connectivity index (χ0n) is 15.0. The molecule has 0 amide bonds. The van der Waals surface area contributed by atoms with Crippen molar-refractivity contribution in [1.82, 2.24) is 14.4 Å². The second-order valence-corrected chi connectivity index (χ2v) is 9.27. The highest BCUT2D eigenvalue weighted by atomic mass is 32.2. The summed E-state index contributed by atoms with van der Waals surface area (Å²) in [5.74, 6) is 2.13. The van der Waals surface area contributed by atoms with Crippen molar-refractivity contribution in [3.05, 3.63) is 11.7 Å². The van der Waals surface area contributed by atoms with Crippen LogP contribution in [-0.4, -0.2) is 54.9 Å². The predicted molar refractivity (Wildman–Crippen MR) is 93.8 cm³/mol. The lowest BCUT2D eigenvalue weighted by Crippen LogP contribution is -2.30. The van der Waals surface area contributed by atoms with E-state index >= 15 is 0 Å². The zero-order valence-corrected chi connectivity index (χ0v) is 15.8. The van der Waals surface area contributed by atoms with Crippen LogP contribution >= 0.6 is 0 Å². The van der Waals surface area contributed by atoms with Crippen molar-refractivity contribution in [2.75, 3.05) is 32.1 Å². The van der Waals surface area contributed by atoms with Crippen LogP contribution in [0.1, 0.15) is 63.1 Å². The van der Waals surface area contributed by atoms with Crippen LogP contribution in [0.15, 0.2) is 4.52 Å². The molecule has 1 aliphatic heterocycles. The molecule has 1 saturated heterocycles. The lowest BCUT2D eigenvalue weighted by molar-refractivity contribution is 0.102. The van der Waals surface area contributed by atoms with Gasteiger partial charge in [0.1, 0.15) is 0 Å². The van der Waals surface area contributed by atoms with Crippen molar-refractivity contribution < 1.29 is 17.7 Å². The van der Waals surface area contributed by atoms with Gasteiger partial charge in [-0.2, -0.15) is 4.98 Å². The summed E-state index contributed by atoms with van der Waals surface area (Å²) in [5, 5.41) is 4.02. The monoisotopic (exact) mass is 371 g/mol. The Morgan fingerprint density at radius 1 is 1.28 bits per heavy atom. The van der Waals surface area contributed by atoms with Crippen LogP contribution in [0.3, 0.4) is 0 Å². The average Bonchev–Trinajstić information content (AvgIpc) is 3.31. The molecule has 1 atom stereocenters. The second-order valence-electron chi connectivity index (χ2n) is 7.18. The molecule has 142 valence electrons. The lowest BCUT2D eigenvalue weighted by Gasteiger charge is -2.14. The SMILES string of the molecule is CCCS(=O)(=O)N1CCC(c2nc(CCOCC3CCCC3)no2)C1. The van der Waals surface area contributed by atoms with E-state index in [1.54, 1.807) is 4.31 Å². The molecule has 1 aliphatic carbocycles. The highest BCUT2D eigenvalue weighted by Crippen LogP contribution is 2.28. The van der Waals surface area contributed by atoms with Crippen LogP contribution in [-0.2, 0) is 21.2 Å². The number of nitrogens with zero attached hydrogens (tertiary/aromatic N) is 3. The molecular weight excluding hydrogens is 342 g/mol. The largest absolute Gasteiger partial charge is 0.381 e. The van der Waals surface area contributed by atoms with Crippen LogP contribution in [0.2, 0.25) is 0 Å². The quantitative estimate of drug-likeness (QED) is 0.620. The van der Waals surface area contributed by atoms with Crippen LogP contribution in [0.4, 0.5) is 0 Å². The summed E-state index contributed by atoms with van der Waals surface area (Å²) in [4.78, 5) is 4.44. The Bertz CT molecular complexity index is 640. The van der Waals surface area contributed by atoms with Gasteiger partial charge in [0.05, 0.1) is 18.3 Å². The molecule has 1 aromatic heterocycles. The molecule has 0 spiro atoms. The van der Waals surface area contributed by atoms with E-state index in [1.165, 1.54) is 25.7 Å². The van der Waals surface area contributed by atoms with Crippen LogP contribution in [0.25, 0.3) is 0 Å². The number of aromatic nitrogens is 2. The first-order valence-electron chi connectivity index (χ1n) is 9.46. The number of ether oxygens (including phenoxy) is 1. The highest BCUT2D eigenvalue weighted by Gasteiger charge is 2.34. The van der Waals surface area contributed by atoms with Gasteiger partial charge in [-0.3, -0.25) is 0 Å². The van der Waals surface area contributed by atoms with Gasteiger partial charge >= 0.3 is 0 Å². The van der Waals surface area contributed by atoms with Gasteiger partial charge in [0, 0.05) is 26.1 Å². The molecule has 1 aromatic rings. The normalized spacial score (nSPS) is 22.8. The zero-order chi connectivity index (χ0) is 17.7. The highest BCUT2D eigenvalue weighted by molar-refractivity contribution is 7.89. The smallest absolute Gasteiger partial charge is 0.231 e. The van der Waals surface area contributed by atoms with Crippen molar-refractivity contribution >= 4 is 10.0 Å². The molecule has 0 radical (unpaired) electrons. The topological polar surface area (TPSA) is 85.5 Å². The third-order valence-corrected chi connectivity index (χ3v) is 7.18. The van der Waals surface area contributed by atoms with E-state index in [2.05, 4.69) is 10.1 Å². The van der Waals surface area contributed by atoms with E-state index < -0.39 is 10.0 Å². The maximum atomic E-state index is 12.1. The van der Waals surface area contributed by atoms with Gasteiger partial charge in [-0.15, -0.1) is 0 Å². The average molecular weight is 372 g/mol. The van der Waals surface area contributed by atoms with Gasteiger partial charge in [-0.05, 0) is 31.6 Å². The fourth-order valence-electron chi connectivity index (χ4n) is 3.69. The Hall–Kier alpha value is -0.990. The number of hydrogen-bond donors (Lipinski definition) is 0. The maximum Gasteiger partial charge on any atom is 0.231 e. The number of hydrogen-bond acceptors (Lipinski definition) is 6. The summed E-state index contributed by atoms with van der Waals surface area (Å²) >= 11 is 0. The molecule has 2 heterocycles. The van der Waals surface area contributed by atoms with E-state index in [-0.39, 0.29) is 11.7 Å². The van der Waals surface area contributed by atoms with Gasteiger partial charge in [0.15, 0.2) is 5.82 Å². The minimum atomic E-state index is -3.15. The van der Waals surface area contributed by atoms with Crippen LogP contribution in [0, 0.1) is 5.92 Å². The summed E-state index contributed by atoms with van der Waals surface area (Å²) in [6.07, 6.45) is 7.23. The van der Waals surface area contributed by atoms with Crippen molar-refractivity contribution in [1.29, 1.82) is 0 Å². The van der Waals surface area contributed by atoms with Gasteiger partial charge in [-0.25, -0.2) is 12.7 Å². The molecule has 2 fully saturated rings. The predicted octanol–water partition coefficient (Wildman–Crippen LogP) is 2.35. The number of rotatable bonds is 9. The molecule has 8 heteroatoms. The lowest BCUT2D eigenvalue weighted by atomic mass is 10.1. The van der Waals surface area contributed by atoms with Gasteiger partial charge < -0.3 is 9.26 Å². The molecule has 0 bridgehead atoms. The Morgan fingerprint density at radius 3 is 2.84 bits per heavy atom. The fraction of sp³-hybridized carbons (Fsp3) is 0.882. The van der Waals surface area contributed by atoms with E-state index in [0.29, 0.717) is 44.3 Å². The second kappa shape index (κ2) is 8.60. The Balaban J connectivity index is 1.43. The van der Waals surface area contributed by atoms with E-state index in [1.807, 2.05) is 6.92 Å². The third kappa shape index (κ3) is 5.01. The third-order valence-electron chi connectivity index (χ3n) is 5.14. The van der Waals surface area contributed by atoms with Crippen molar-refractivity contribution in [2.24, 2.45) is 5.92 Å². The van der Waals surface area contributed by atoms with Gasteiger partial charge in [-0.1, -0.05) is 24.9 Å². The molecule has 3 rings (SSSR count). The summed E-state index contributed by atoms with van der Waals surface area (Å²) in [7, 11) is -3.15. The van der Waals surface area contributed by atoms with Crippen LogP contribution in [0.5, 0.6) is 0 Å². The minimum absolute atomic E-state index is 0.00675. The first-order chi connectivity index (χ1) is 12.1. The Morgan fingerprint density at radius 2 is 2.08 bits per heavy atom. The van der Waals surface area contributed by atoms with Crippen molar-refractivity contribution in [2.45, 2.75) is 57.8 Å².